The van der Waals surface area contributed by atoms with E-state index in [9.17, 15) is 4.79 Å². The van der Waals surface area contributed by atoms with Crippen molar-refractivity contribution >= 4 is 28.8 Å². The Morgan fingerprint density at radius 3 is 2.42 bits per heavy atom. The van der Waals surface area contributed by atoms with E-state index in [-0.39, 0.29) is 0 Å². The number of aromatic nitrogens is 2. The highest BCUT2D eigenvalue weighted by Crippen LogP contribution is 2.28. The van der Waals surface area contributed by atoms with Gasteiger partial charge in [-0.15, -0.1) is 0 Å². The standard InChI is InChI=1S/C22H17N3O/c1-15-13-16(14-26)11-12-19(15)23-22-24-20-10-6-5-9-18(20)21(25-22)17-7-3-2-4-8-17/h2-14H,1H3,(H,23,24,25). The first-order valence-corrected chi connectivity index (χ1v) is 8.39. The van der Waals surface area contributed by atoms with Crippen LogP contribution in [0, 0.1) is 6.92 Å². The lowest BCUT2D eigenvalue weighted by Gasteiger charge is -2.12. The maximum Gasteiger partial charge on any atom is 0.228 e. The fraction of sp³-hybridized carbons (Fsp3) is 0.0455. The zero-order valence-electron chi connectivity index (χ0n) is 14.3. The van der Waals surface area contributed by atoms with E-state index in [2.05, 4.69) is 10.3 Å². The zero-order chi connectivity index (χ0) is 17.9. The molecule has 4 aromatic rings. The maximum atomic E-state index is 10.9. The quantitative estimate of drug-likeness (QED) is 0.522. The molecule has 0 aliphatic rings. The molecule has 1 N–H and O–H groups in total. The second-order valence-electron chi connectivity index (χ2n) is 6.10. The first kappa shape index (κ1) is 16.0. The molecular weight excluding hydrogens is 322 g/mol. The number of nitrogens with zero attached hydrogens (tertiary/aromatic N) is 2. The smallest absolute Gasteiger partial charge is 0.228 e. The van der Waals surface area contributed by atoms with Crippen LogP contribution < -0.4 is 5.32 Å². The normalized spacial score (nSPS) is 10.7. The van der Waals surface area contributed by atoms with Crippen molar-refractivity contribution in [3.05, 3.63) is 83.9 Å². The minimum Gasteiger partial charge on any atom is -0.324 e. The zero-order valence-corrected chi connectivity index (χ0v) is 14.3. The molecule has 0 atom stereocenters. The van der Waals surface area contributed by atoms with E-state index >= 15 is 0 Å². The van der Waals surface area contributed by atoms with Gasteiger partial charge in [0.05, 0.1) is 11.2 Å². The van der Waals surface area contributed by atoms with Gasteiger partial charge in [-0.3, -0.25) is 4.79 Å². The van der Waals surface area contributed by atoms with Gasteiger partial charge in [-0.05, 0) is 36.8 Å². The molecule has 0 unspecified atom stereocenters. The van der Waals surface area contributed by atoms with Crippen LogP contribution in [0.1, 0.15) is 15.9 Å². The molecule has 0 amide bonds. The summed E-state index contributed by atoms with van der Waals surface area (Å²) in [7, 11) is 0. The molecule has 0 saturated carbocycles. The Balaban J connectivity index is 1.82. The number of hydrogen-bond acceptors (Lipinski definition) is 4. The summed E-state index contributed by atoms with van der Waals surface area (Å²) in [6.45, 7) is 1.95. The number of aldehydes is 1. The Labute approximate surface area is 151 Å². The Kier molecular flexibility index (Phi) is 4.15. The van der Waals surface area contributed by atoms with Crippen LogP contribution in [0.25, 0.3) is 22.2 Å². The number of anilines is 2. The fourth-order valence-electron chi connectivity index (χ4n) is 2.97. The van der Waals surface area contributed by atoms with E-state index in [0.717, 1.165) is 39.7 Å². The van der Waals surface area contributed by atoms with Crippen molar-refractivity contribution in [2.75, 3.05) is 5.32 Å². The lowest BCUT2D eigenvalue weighted by atomic mass is 10.1. The molecule has 0 saturated heterocycles. The van der Waals surface area contributed by atoms with Crippen molar-refractivity contribution in [3.63, 3.8) is 0 Å². The van der Waals surface area contributed by atoms with Gasteiger partial charge in [0.2, 0.25) is 5.95 Å². The van der Waals surface area contributed by atoms with E-state index in [4.69, 9.17) is 4.98 Å². The first-order valence-electron chi connectivity index (χ1n) is 8.39. The van der Waals surface area contributed by atoms with E-state index in [1.807, 2.05) is 73.7 Å². The molecule has 0 aliphatic carbocycles. The first-order chi connectivity index (χ1) is 12.7. The summed E-state index contributed by atoms with van der Waals surface area (Å²) in [5.74, 6) is 0.532. The van der Waals surface area contributed by atoms with Gasteiger partial charge in [0.25, 0.3) is 0 Å². The Morgan fingerprint density at radius 1 is 0.885 bits per heavy atom. The number of para-hydroxylation sites is 1. The summed E-state index contributed by atoms with van der Waals surface area (Å²) < 4.78 is 0. The molecular formula is C22H17N3O. The number of hydrogen-bond donors (Lipinski definition) is 1. The Hall–Kier alpha value is -3.53. The Morgan fingerprint density at radius 2 is 1.65 bits per heavy atom. The number of carbonyl (C=O) groups is 1. The van der Waals surface area contributed by atoms with E-state index in [1.54, 1.807) is 6.07 Å². The van der Waals surface area contributed by atoms with E-state index in [0.29, 0.717) is 11.5 Å². The summed E-state index contributed by atoms with van der Waals surface area (Å²) >= 11 is 0. The van der Waals surface area contributed by atoms with E-state index in [1.165, 1.54) is 0 Å². The Bertz CT molecular complexity index is 1090. The largest absolute Gasteiger partial charge is 0.324 e. The average molecular weight is 339 g/mol. The van der Waals surface area contributed by atoms with Crippen LogP contribution in [0.5, 0.6) is 0 Å². The summed E-state index contributed by atoms with van der Waals surface area (Å²) in [5, 5.41) is 4.30. The van der Waals surface area contributed by atoms with Crippen molar-refractivity contribution in [3.8, 4) is 11.3 Å². The van der Waals surface area contributed by atoms with Crippen molar-refractivity contribution in [1.82, 2.24) is 9.97 Å². The molecule has 4 heteroatoms. The molecule has 3 aromatic carbocycles. The van der Waals surface area contributed by atoms with Crippen molar-refractivity contribution in [1.29, 1.82) is 0 Å². The van der Waals surface area contributed by atoms with Crippen molar-refractivity contribution in [2.24, 2.45) is 0 Å². The summed E-state index contributed by atoms with van der Waals surface area (Å²) in [4.78, 5) is 20.3. The molecule has 4 nitrogen and oxygen atoms in total. The molecule has 0 fully saturated rings. The van der Waals surface area contributed by atoms with Gasteiger partial charge in [-0.1, -0.05) is 48.5 Å². The molecule has 26 heavy (non-hydrogen) atoms. The average Bonchev–Trinajstić information content (AvgIpc) is 2.69. The van der Waals surface area contributed by atoms with Gasteiger partial charge in [-0.2, -0.15) is 0 Å². The number of fused-ring (bicyclic) bond motifs is 1. The minimum atomic E-state index is 0.532. The van der Waals surface area contributed by atoms with Gasteiger partial charge in [0, 0.05) is 22.2 Å². The highest BCUT2D eigenvalue weighted by molar-refractivity contribution is 5.93. The summed E-state index contributed by atoms with van der Waals surface area (Å²) in [5.41, 5.74) is 5.31. The summed E-state index contributed by atoms with van der Waals surface area (Å²) in [6, 6.07) is 23.6. The van der Waals surface area contributed by atoms with Crippen LogP contribution in [0.2, 0.25) is 0 Å². The fourth-order valence-corrected chi connectivity index (χ4v) is 2.97. The second kappa shape index (κ2) is 6.76. The minimum absolute atomic E-state index is 0.532. The van der Waals surface area contributed by atoms with Crippen LogP contribution in [0.4, 0.5) is 11.6 Å². The SMILES string of the molecule is Cc1cc(C=O)ccc1Nc1nc(-c2ccccc2)c2ccccc2n1. The number of nitrogens with one attached hydrogen (secondary N) is 1. The van der Waals surface area contributed by atoms with Gasteiger partial charge < -0.3 is 5.32 Å². The molecule has 1 heterocycles. The van der Waals surface area contributed by atoms with Crippen LogP contribution in [0.3, 0.4) is 0 Å². The highest BCUT2D eigenvalue weighted by atomic mass is 16.1. The van der Waals surface area contributed by atoms with Crippen LogP contribution in [-0.4, -0.2) is 16.3 Å². The van der Waals surface area contributed by atoms with Gasteiger partial charge >= 0.3 is 0 Å². The van der Waals surface area contributed by atoms with Crippen LogP contribution >= 0.6 is 0 Å². The van der Waals surface area contributed by atoms with Crippen LogP contribution in [-0.2, 0) is 0 Å². The second-order valence-corrected chi connectivity index (χ2v) is 6.10. The molecule has 0 spiro atoms. The number of rotatable bonds is 4. The van der Waals surface area contributed by atoms with E-state index < -0.39 is 0 Å². The lowest BCUT2D eigenvalue weighted by Crippen LogP contribution is -2.01. The summed E-state index contributed by atoms with van der Waals surface area (Å²) in [6.07, 6.45) is 0.844. The molecule has 0 radical (unpaired) electrons. The van der Waals surface area contributed by atoms with Crippen molar-refractivity contribution in [2.45, 2.75) is 6.92 Å². The maximum absolute atomic E-state index is 10.9. The molecule has 1 aromatic heterocycles. The van der Waals surface area contributed by atoms with Gasteiger partial charge in [-0.25, -0.2) is 9.97 Å². The predicted molar refractivity (Wildman–Crippen MR) is 105 cm³/mol. The molecule has 0 aliphatic heterocycles. The topological polar surface area (TPSA) is 54.9 Å². The number of carbonyl (C=O) groups excluding carboxylic acids is 1. The third-order valence-corrected chi connectivity index (χ3v) is 4.28. The molecule has 126 valence electrons. The predicted octanol–water partition coefficient (Wildman–Crippen LogP) is 5.16. The molecule has 4 rings (SSSR count). The van der Waals surface area contributed by atoms with Crippen molar-refractivity contribution < 1.29 is 4.79 Å². The monoisotopic (exact) mass is 339 g/mol. The number of aryl methyl sites for hydroxylation is 1. The molecule has 0 bridgehead atoms. The highest BCUT2D eigenvalue weighted by Gasteiger charge is 2.10. The van der Waals surface area contributed by atoms with Crippen LogP contribution in [0.15, 0.2) is 72.8 Å². The third kappa shape index (κ3) is 3.05. The van der Waals surface area contributed by atoms with Gasteiger partial charge in [0.15, 0.2) is 0 Å². The third-order valence-electron chi connectivity index (χ3n) is 4.28. The lowest BCUT2D eigenvalue weighted by molar-refractivity contribution is 0.112. The number of benzene rings is 3. The van der Waals surface area contributed by atoms with Gasteiger partial charge in [0.1, 0.15) is 6.29 Å².